The van der Waals surface area contributed by atoms with Crippen molar-refractivity contribution >= 4 is 11.9 Å². The number of aryl methyl sites for hydroxylation is 2. The molecule has 0 amide bonds. The predicted octanol–water partition coefficient (Wildman–Crippen LogP) is 6.76. The van der Waals surface area contributed by atoms with Gasteiger partial charge in [-0.2, -0.15) is 0 Å². The van der Waals surface area contributed by atoms with Gasteiger partial charge in [-0.15, -0.1) is 0 Å². The van der Waals surface area contributed by atoms with Crippen molar-refractivity contribution in [1.29, 1.82) is 0 Å². The van der Waals surface area contributed by atoms with Crippen molar-refractivity contribution in [2.75, 3.05) is 0 Å². The zero-order valence-corrected chi connectivity index (χ0v) is 19.8. The highest BCUT2D eigenvalue weighted by molar-refractivity contribution is 5.93. The molecule has 3 aromatic rings. The lowest BCUT2D eigenvalue weighted by molar-refractivity contribution is -0.142. The minimum Gasteiger partial charge on any atom is -0.425 e. The van der Waals surface area contributed by atoms with Gasteiger partial charge in [0.2, 0.25) is 0 Å². The van der Waals surface area contributed by atoms with Gasteiger partial charge in [0.25, 0.3) is 0 Å². The monoisotopic (exact) mass is 430 g/mol. The standard InChI is InChI=1S/C28H30O4/c1-17-13-15-22(31-26(29)21-11-9-8-10-12-21)24(19(17)3)25-20(4)18(2)14-16-23(25)32-27(30)28(5,6)7/h8-16H,1-7H3. The molecule has 32 heavy (non-hydrogen) atoms. The molecule has 4 heteroatoms. The van der Waals surface area contributed by atoms with E-state index in [0.717, 1.165) is 33.4 Å². The zero-order chi connectivity index (χ0) is 23.6. The molecule has 0 spiro atoms. The Morgan fingerprint density at radius 1 is 0.656 bits per heavy atom. The van der Waals surface area contributed by atoms with Crippen LogP contribution < -0.4 is 9.47 Å². The molecule has 0 saturated heterocycles. The van der Waals surface area contributed by atoms with Crippen molar-refractivity contribution in [3.05, 3.63) is 82.4 Å². The zero-order valence-electron chi connectivity index (χ0n) is 19.8. The van der Waals surface area contributed by atoms with Crippen LogP contribution in [0.4, 0.5) is 0 Å². The summed E-state index contributed by atoms with van der Waals surface area (Å²) in [6.07, 6.45) is 0. The second kappa shape index (κ2) is 8.99. The van der Waals surface area contributed by atoms with Crippen molar-refractivity contribution in [2.24, 2.45) is 5.41 Å². The van der Waals surface area contributed by atoms with Crippen LogP contribution in [0.15, 0.2) is 54.6 Å². The molecule has 0 saturated carbocycles. The van der Waals surface area contributed by atoms with E-state index in [0.29, 0.717) is 17.1 Å². The van der Waals surface area contributed by atoms with Crippen LogP contribution in [0.25, 0.3) is 11.1 Å². The van der Waals surface area contributed by atoms with Crippen molar-refractivity contribution < 1.29 is 19.1 Å². The third kappa shape index (κ3) is 4.75. The van der Waals surface area contributed by atoms with Crippen molar-refractivity contribution in [2.45, 2.75) is 48.5 Å². The Labute approximate surface area is 190 Å². The second-order valence-electron chi connectivity index (χ2n) is 9.16. The van der Waals surface area contributed by atoms with Crippen LogP contribution in [0.2, 0.25) is 0 Å². The Hall–Kier alpha value is -3.40. The average Bonchev–Trinajstić information content (AvgIpc) is 2.74. The van der Waals surface area contributed by atoms with Crippen LogP contribution in [0.1, 0.15) is 53.4 Å². The first kappa shape index (κ1) is 23.3. The molecule has 0 N–H and O–H groups in total. The maximum absolute atomic E-state index is 12.8. The largest absolute Gasteiger partial charge is 0.425 e. The molecule has 0 bridgehead atoms. The van der Waals surface area contributed by atoms with Crippen LogP contribution in [0.5, 0.6) is 11.5 Å². The highest BCUT2D eigenvalue weighted by Crippen LogP contribution is 2.43. The van der Waals surface area contributed by atoms with Crippen LogP contribution in [-0.4, -0.2) is 11.9 Å². The Bertz CT molecular complexity index is 1170. The van der Waals surface area contributed by atoms with E-state index in [1.807, 2.05) is 72.7 Å². The van der Waals surface area contributed by atoms with Crippen molar-refractivity contribution in [1.82, 2.24) is 0 Å². The smallest absolute Gasteiger partial charge is 0.343 e. The summed E-state index contributed by atoms with van der Waals surface area (Å²) in [6, 6.07) is 16.4. The van der Waals surface area contributed by atoms with E-state index in [-0.39, 0.29) is 5.97 Å². The van der Waals surface area contributed by atoms with Crippen molar-refractivity contribution in [3.63, 3.8) is 0 Å². The van der Waals surface area contributed by atoms with Gasteiger partial charge in [-0.1, -0.05) is 30.3 Å². The number of rotatable bonds is 4. The Kier molecular flexibility index (Phi) is 6.54. The van der Waals surface area contributed by atoms with Gasteiger partial charge in [0.05, 0.1) is 11.0 Å². The molecule has 0 aliphatic rings. The first-order chi connectivity index (χ1) is 15.0. The SMILES string of the molecule is Cc1ccc(OC(=O)c2ccccc2)c(-c2c(OC(=O)C(C)(C)C)ccc(C)c2C)c1C. The van der Waals surface area contributed by atoms with Crippen LogP contribution in [0.3, 0.4) is 0 Å². The molecular weight excluding hydrogens is 400 g/mol. The molecule has 3 rings (SSSR count). The van der Waals surface area contributed by atoms with E-state index in [9.17, 15) is 9.59 Å². The summed E-state index contributed by atoms with van der Waals surface area (Å²) in [4.78, 5) is 25.5. The number of carbonyl (C=O) groups excluding carboxylic acids is 2. The molecule has 0 heterocycles. The van der Waals surface area contributed by atoms with Gasteiger partial charge in [-0.05, 0) is 95.0 Å². The van der Waals surface area contributed by atoms with E-state index >= 15 is 0 Å². The lowest BCUT2D eigenvalue weighted by Crippen LogP contribution is -2.26. The van der Waals surface area contributed by atoms with E-state index in [4.69, 9.17) is 9.47 Å². The summed E-state index contributed by atoms with van der Waals surface area (Å²) in [5.74, 6) is 0.131. The third-order valence-corrected chi connectivity index (χ3v) is 5.67. The lowest BCUT2D eigenvalue weighted by Gasteiger charge is -2.22. The quantitative estimate of drug-likeness (QED) is 0.339. The number of hydrogen-bond donors (Lipinski definition) is 0. The van der Waals surface area contributed by atoms with Gasteiger partial charge in [-0.25, -0.2) is 4.79 Å². The Morgan fingerprint density at radius 3 is 1.59 bits per heavy atom. The first-order valence-corrected chi connectivity index (χ1v) is 10.7. The Morgan fingerprint density at radius 2 is 1.12 bits per heavy atom. The molecule has 0 aromatic heterocycles. The number of carbonyl (C=O) groups is 2. The fraction of sp³-hybridized carbons (Fsp3) is 0.286. The van der Waals surface area contributed by atoms with Crippen LogP contribution in [-0.2, 0) is 4.79 Å². The molecule has 0 aliphatic carbocycles. The number of esters is 2. The highest BCUT2D eigenvalue weighted by Gasteiger charge is 2.27. The predicted molar refractivity (Wildman–Crippen MR) is 127 cm³/mol. The van der Waals surface area contributed by atoms with Gasteiger partial charge in [0.1, 0.15) is 11.5 Å². The van der Waals surface area contributed by atoms with Gasteiger partial charge in [0, 0.05) is 11.1 Å². The summed E-state index contributed by atoms with van der Waals surface area (Å²) in [5, 5.41) is 0. The van der Waals surface area contributed by atoms with Gasteiger partial charge >= 0.3 is 11.9 Å². The summed E-state index contributed by atoms with van der Waals surface area (Å²) >= 11 is 0. The van der Waals surface area contributed by atoms with Crippen molar-refractivity contribution in [3.8, 4) is 22.6 Å². The number of benzene rings is 3. The molecule has 166 valence electrons. The maximum atomic E-state index is 12.8. The number of ether oxygens (including phenoxy) is 2. The molecule has 0 aliphatic heterocycles. The summed E-state index contributed by atoms with van der Waals surface area (Å²) in [6.45, 7) is 13.5. The fourth-order valence-electron chi connectivity index (χ4n) is 3.36. The summed E-state index contributed by atoms with van der Waals surface area (Å²) in [5.41, 5.74) is 5.37. The molecule has 0 radical (unpaired) electrons. The minimum absolute atomic E-state index is 0.324. The lowest BCUT2D eigenvalue weighted by atomic mass is 9.90. The van der Waals surface area contributed by atoms with E-state index in [1.165, 1.54) is 0 Å². The van der Waals surface area contributed by atoms with Crippen LogP contribution in [0, 0.1) is 33.1 Å². The van der Waals surface area contributed by atoms with E-state index < -0.39 is 11.4 Å². The fourth-order valence-corrected chi connectivity index (χ4v) is 3.36. The molecule has 0 unspecified atom stereocenters. The molecular formula is C28H30O4. The van der Waals surface area contributed by atoms with Gasteiger partial charge in [0.15, 0.2) is 0 Å². The highest BCUT2D eigenvalue weighted by atomic mass is 16.5. The maximum Gasteiger partial charge on any atom is 0.343 e. The van der Waals surface area contributed by atoms with Crippen LogP contribution >= 0.6 is 0 Å². The molecule has 3 aromatic carbocycles. The molecule has 0 fully saturated rings. The summed E-state index contributed by atoms with van der Waals surface area (Å²) < 4.78 is 11.7. The molecule has 4 nitrogen and oxygen atoms in total. The Balaban J connectivity index is 2.19. The normalized spacial score (nSPS) is 11.2. The van der Waals surface area contributed by atoms with E-state index in [1.54, 1.807) is 30.3 Å². The third-order valence-electron chi connectivity index (χ3n) is 5.67. The number of hydrogen-bond acceptors (Lipinski definition) is 4. The van der Waals surface area contributed by atoms with Gasteiger partial charge in [-0.3, -0.25) is 4.79 Å². The summed E-state index contributed by atoms with van der Waals surface area (Å²) in [7, 11) is 0. The second-order valence-corrected chi connectivity index (χ2v) is 9.16. The van der Waals surface area contributed by atoms with Gasteiger partial charge < -0.3 is 9.47 Å². The topological polar surface area (TPSA) is 52.6 Å². The minimum atomic E-state index is -0.652. The average molecular weight is 431 g/mol. The first-order valence-electron chi connectivity index (χ1n) is 10.7. The van der Waals surface area contributed by atoms with E-state index in [2.05, 4.69) is 0 Å². The molecule has 0 atom stereocenters.